The molecule has 0 N–H and O–H groups in total. The molecule has 3 rings (SSSR count). The zero-order valence-corrected chi connectivity index (χ0v) is 11.5. The van der Waals surface area contributed by atoms with Gasteiger partial charge in [0.05, 0.1) is 0 Å². The Morgan fingerprint density at radius 1 is 0.850 bits per heavy atom. The molecule has 98 valence electrons. The van der Waals surface area contributed by atoms with Crippen molar-refractivity contribution in [2.45, 2.75) is 24.7 Å². The molecular weight excluding hydrogens is 240 g/mol. The average Bonchev–Trinajstić information content (AvgIpc) is 2.56. The van der Waals surface area contributed by atoms with Crippen molar-refractivity contribution in [3.63, 3.8) is 0 Å². The first kappa shape index (κ1) is 12.8. The highest BCUT2D eigenvalue weighted by molar-refractivity contribution is 5.43. The normalized spacial score (nSPS) is 17.1. The number of hydrogen-bond donors (Lipinski definition) is 0. The predicted octanol–water partition coefficient (Wildman–Crippen LogP) is 4.72. The van der Waals surface area contributed by atoms with Crippen LogP contribution in [-0.4, -0.2) is 0 Å². The fourth-order valence-corrected chi connectivity index (χ4v) is 3.19. The Labute approximate surface area is 121 Å². The van der Waals surface area contributed by atoms with Crippen molar-refractivity contribution < 1.29 is 0 Å². The Balaban J connectivity index is 2.11. The van der Waals surface area contributed by atoms with Crippen LogP contribution in [0.3, 0.4) is 0 Å². The molecule has 0 spiro atoms. The van der Waals surface area contributed by atoms with Crippen molar-refractivity contribution in [2.24, 2.45) is 0 Å². The molecule has 2 aromatic rings. The third-order valence-corrected chi connectivity index (χ3v) is 4.36. The van der Waals surface area contributed by atoms with E-state index in [1.165, 1.54) is 11.1 Å². The Kier molecular flexibility index (Phi) is 3.44. The van der Waals surface area contributed by atoms with Gasteiger partial charge in [0.1, 0.15) is 0 Å². The lowest BCUT2D eigenvalue weighted by atomic mass is 9.66. The van der Waals surface area contributed by atoms with Crippen molar-refractivity contribution in [1.82, 2.24) is 0 Å². The van der Waals surface area contributed by atoms with Crippen LogP contribution in [0, 0.1) is 12.3 Å². The van der Waals surface area contributed by atoms with Gasteiger partial charge in [0.25, 0.3) is 0 Å². The second-order valence-corrected chi connectivity index (χ2v) is 5.39. The van der Waals surface area contributed by atoms with E-state index < -0.39 is 0 Å². The zero-order chi connectivity index (χ0) is 13.8. The van der Waals surface area contributed by atoms with Gasteiger partial charge in [0, 0.05) is 5.41 Å². The minimum absolute atomic E-state index is 0.0723. The summed E-state index contributed by atoms with van der Waals surface area (Å²) in [7, 11) is 0. The van der Waals surface area contributed by atoms with E-state index in [4.69, 9.17) is 6.42 Å². The van der Waals surface area contributed by atoms with Crippen LogP contribution in [0.25, 0.3) is 0 Å². The molecule has 0 heterocycles. The maximum Gasteiger partial charge on any atom is 0.0241 e. The monoisotopic (exact) mass is 258 g/mol. The highest BCUT2D eigenvalue weighted by atomic mass is 14.4. The largest absolute Gasteiger partial charge is 0.115 e. The fourth-order valence-electron chi connectivity index (χ4n) is 3.19. The summed E-state index contributed by atoms with van der Waals surface area (Å²) in [6, 6.07) is 21.6. The van der Waals surface area contributed by atoms with Gasteiger partial charge in [-0.25, -0.2) is 0 Å². The van der Waals surface area contributed by atoms with Crippen molar-refractivity contribution in [2.75, 3.05) is 0 Å². The summed E-state index contributed by atoms with van der Waals surface area (Å²) >= 11 is 0. The van der Waals surface area contributed by atoms with E-state index in [1.54, 1.807) is 0 Å². The molecular formula is C20H18. The third kappa shape index (κ3) is 2.17. The van der Waals surface area contributed by atoms with Crippen molar-refractivity contribution in [1.29, 1.82) is 0 Å². The molecule has 0 saturated heterocycles. The molecule has 0 aromatic heterocycles. The van der Waals surface area contributed by atoms with Gasteiger partial charge in [-0.3, -0.25) is 0 Å². The molecule has 20 heavy (non-hydrogen) atoms. The van der Waals surface area contributed by atoms with Crippen LogP contribution >= 0.6 is 0 Å². The molecule has 0 bridgehead atoms. The first-order chi connectivity index (χ1) is 9.85. The summed E-state index contributed by atoms with van der Waals surface area (Å²) in [5, 5.41) is 0. The van der Waals surface area contributed by atoms with Gasteiger partial charge in [0.2, 0.25) is 0 Å². The molecule has 0 atom stereocenters. The number of allylic oxidation sites excluding steroid dienone is 2. The summed E-state index contributed by atoms with van der Waals surface area (Å²) in [5.41, 5.74) is 3.99. The summed E-state index contributed by atoms with van der Waals surface area (Å²) in [6.07, 6.45) is 10.8. The van der Waals surface area contributed by atoms with Gasteiger partial charge in [-0.2, -0.15) is 0 Å². The molecule has 0 unspecified atom stereocenters. The van der Waals surface area contributed by atoms with Gasteiger partial charge in [-0.1, -0.05) is 72.7 Å². The SMILES string of the molecule is C#CC1=CCC(c2ccccc2)(c2ccccc2)CC1. The van der Waals surface area contributed by atoms with E-state index in [0.717, 1.165) is 24.8 Å². The first-order valence-corrected chi connectivity index (χ1v) is 7.12. The minimum atomic E-state index is 0.0723. The van der Waals surface area contributed by atoms with Crippen molar-refractivity contribution in [3.05, 3.63) is 83.4 Å². The topological polar surface area (TPSA) is 0 Å². The molecule has 0 saturated carbocycles. The van der Waals surface area contributed by atoms with E-state index >= 15 is 0 Å². The molecule has 0 radical (unpaired) electrons. The molecule has 0 heteroatoms. The third-order valence-electron chi connectivity index (χ3n) is 4.36. The molecule has 0 fully saturated rings. The highest BCUT2D eigenvalue weighted by Gasteiger charge is 2.35. The van der Waals surface area contributed by atoms with E-state index in [1.807, 2.05) is 0 Å². The molecule has 1 aliphatic carbocycles. The number of terminal acetylenes is 1. The van der Waals surface area contributed by atoms with Crippen LogP contribution in [-0.2, 0) is 5.41 Å². The van der Waals surface area contributed by atoms with Gasteiger partial charge in [0.15, 0.2) is 0 Å². The molecule has 1 aliphatic rings. The Hall–Kier alpha value is -2.26. The summed E-state index contributed by atoms with van der Waals surface area (Å²) in [6.45, 7) is 0. The van der Waals surface area contributed by atoms with Crippen LogP contribution in [0.15, 0.2) is 72.3 Å². The molecule has 0 amide bonds. The molecule has 0 nitrogen and oxygen atoms in total. The Morgan fingerprint density at radius 3 is 1.80 bits per heavy atom. The maximum absolute atomic E-state index is 5.55. The van der Waals surface area contributed by atoms with E-state index in [-0.39, 0.29) is 5.41 Å². The number of benzene rings is 2. The van der Waals surface area contributed by atoms with Crippen molar-refractivity contribution >= 4 is 0 Å². The second-order valence-electron chi connectivity index (χ2n) is 5.39. The lowest BCUT2D eigenvalue weighted by molar-refractivity contribution is 0.460. The lowest BCUT2D eigenvalue weighted by Gasteiger charge is -2.37. The smallest absolute Gasteiger partial charge is 0.0241 e. The first-order valence-electron chi connectivity index (χ1n) is 7.12. The fraction of sp³-hybridized carbons (Fsp3) is 0.200. The van der Waals surface area contributed by atoms with Gasteiger partial charge >= 0.3 is 0 Å². The molecule has 2 aromatic carbocycles. The van der Waals surface area contributed by atoms with Crippen LogP contribution in [0.2, 0.25) is 0 Å². The highest BCUT2D eigenvalue weighted by Crippen LogP contribution is 2.43. The summed E-state index contributed by atoms with van der Waals surface area (Å²) in [4.78, 5) is 0. The number of rotatable bonds is 2. The van der Waals surface area contributed by atoms with Crippen molar-refractivity contribution in [3.8, 4) is 12.3 Å². The summed E-state index contributed by atoms with van der Waals surface area (Å²) < 4.78 is 0. The number of hydrogen-bond acceptors (Lipinski definition) is 0. The second kappa shape index (κ2) is 5.39. The van der Waals surface area contributed by atoms with Gasteiger partial charge in [-0.05, 0) is 36.0 Å². The lowest BCUT2D eigenvalue weighted by Crippen LogP contribution is -2.29. The standard InChI is InChI=1S/C20H18/c1-2-17-13-15-20(16-14-17,18-9-5-3-6-10-18)19-11-7-4-8-12-19/h1,3-13H,14-16H2. The van der Waals surface area contributed by atoms with Gasteiger partial charge < -0.3 is 0 Å². The van der Waals surface area contributed by atoms with Crippen LogP contribution in [0.1, 0.15) is 30.4 Å². The van der Waals surface area contributed by atoms with E-state index in [9.17, 15) is 0 Å². The van der Waals surface area contributed by atoms with Crippen LogP contribution < -0.4 is 0 Å². The predicted molar refractivity (Wildman–Crippen MR) is 84.4 cm³/mol. The van der Waals surface area contributed by atoms with Crippen LogP contribution in [0.5, 0.6) is 0 Å². The summed E-state index contributed by atoms with van der Waals surface area (Å²) in [5.74, 6) is 2.81. The molecule has 0 aliphatic heterocycles. The van der Waals surface area contributed by atoms with E-state index in [0.29, 0.717) is 0 Å². The quantitative estimate of drug-likeness (QED) is 0.684. The minimum Gasteiger partial charge on any atom is -0.115 e. The van der Waals surface area contributed by atoms with E-state index in [2.05, 4.69) is 72.7 Å². The maximum atomic E-state index is 5.55. The van der Waals surface area contributed by atoms with Crippen LogP contribution in [0.4, 0.5) is 0 Å². The average molecular weight is 258 g/mol. The Bertz CT molecular complexity index is 602. The zero-order valence-electron chi connectivity index (χ0n) is 11.5. The Morgan fingerprint density at radius 2 is 1.40 bits per heavy atom. The van der Waals surface area contributed by atoms with Gasteiger partial charge in [-0.15, -0.1) is 6.42 Å².